The van der Waals surface area contributed by atoms with Gasteiger partial charge in [-0.05, 0) is 30.3 Å². The molecule has 0 aromatic heterocycles. The molecule has 0 spiro atoms. The van der Waals surface area contributed by atoms with Gasteiger partial charge in [-0.15, -0.1) is 0 Å². The van der Waals surface area contributed by atoms with Crippen LogP contribution in [-0.4, -0.2) is 12.1 Å². The van der Waals surface area contributed by atoms with E-state index in [0.29, 0.717) is 16.5 Å². The highest BCUT2D eigenvalue weighted by Crippen LogP contribution is 2.22. The molecule has 0 heterocycles. The molecule has 0 aliphatic heterocycles. The molecule has 0 fully saturated rings. The third-order valence-corrected chi connectivity index (χ3v) is 2.99. The first kappa shape index (κ1) is 14.3. The summed E-state index contributed by atoms with van der Waals surface area (Å²) in [4.78, 5) is 0.305. The predicted molar refractivity (Wildman–Crippen MR) is 79.6 cm³/mol. The maximum Gasteiger partial charge on any atom is 0.126 e. The van der Waals surface area contributed by atoms with E-state index in [9.17, 15) is 4.39 Å². The van der Waals surface area contributed by atoms with Crippen LogP contribution in [0.2, 0.25) is 0 Å². The molecule has 2 rings (SSSR count). The molecule has 2 N–H and O–H groups in total. The van der Waals surface area contributed by atoms with Crippen molar-refractivity contribution in [3.8, 4) is 11.5 Å². The van der Waals surface area contributed by atoms with Crippen molar-refractivity contribution in [2.45, 2.75) is 6.61 Å². The summed E-state index contributed by atoms with van der Waals surface area (Å²) >= 11 is 4.94. The summed E-state index contributed by atoms with van der Waals surface area (Å²) in [5.41, 5.74) is 7.13. The SMILES string of the molecule is COc1ccc(C(N)=S)cc1COc1cccc(F)c1. The second kappa shape index (κ2) is 6.34. The first-order chi connectivity index (χ1) is 9.60. The molecule has 0 aliphatic carbocycles. The lowest BCUT2D eigenvalue weighted by molar-refractivity contribution is 0.295. The number of benzene rings is 2. The van der Waals surface area contributed by atoms with Gasteiger partial charge >= 0.3 is 0 Å². The Morgan fingerprint density at radius 1 is 1.25 bits per heavy atom. The van der Waals surface area contributed by atoms with Gasteiger partial charge in [-0.3, -0.25) is 0 Å². The minimum Gasteiger partial charge on any atom is -0.496 e. The van der Waals surface area contributed by atoms with Crippen LogP contribution < -0.4 is 15.2 Å². The highest BCUT2D eigenvalue weighted by Gasteiger charge is 2.07. The smallest absolute Gasteiger partial charge is 0.126 e. The molecule has 20 heavy (non-hydrogen) atoms. The second-order valence-electron chi connectivity index (χ2n) is 4.14. The summed E-state index contributed by atoms with van der Waals surface area (Å²) in [5, 5.41) is 0. The third-order valence-electron chi connectivity index (χ3n) is 2.76. The minimum absolute atomic E-state index is 0.239. The number of hydrogen-bond acceptors (Lipinski definition) is 3. The quantitative estimate of drug-likeness (QED) is 0.860. The van der Waals surface area contributed by atoms with Crippen LogP contribution in [0, 0.1) is 5.82 Å². The van der Waals surface area contributed by atoms with E-state index < -0.39 is 0 Å². The summed E-state index contributed by atoms with van der Waals surface area (Å²) in [6, 6.07) is 11.3. The van der Waals surface area contributed by atoms with Gasteiger partial charge in [0, 0.05) is 17.2 Å². The van der Waals surface area contributed by atoms with Crippen molar-refractivity contribution in [3.63, 3.8) is 0 Å². The van der Waals surface area contributed by atoms with E-state index in [-0.39, 0.29) is 12.4 Å². The Morgan fingerprint density at radius 2 is 2.05 bits per heavy atom. The van der Waals surface area contributed by atoms with E-state index in [0.717, 1.165) is 11.1 Å². The summed E-state index contributed by atoms with van der Waals surface area (Å²) in [6.45, 7) is 0.239. The fraction of sp³-hybridized carbons (Fsp3) is 0.133. The van der Waals surface area contributed by atoms with Gasteiger partial charge < -0.3 is 15.2 Å². The maximum atomic E-state index is 13.1. The molecule has 0 radical (unpaired) electrons. The lowest BCUT2D eigenvalue weighted by Gasteiger charge is -2.12. The Kier molecular flexibility index (Phi) is 4.53. The van der Waals surface area contributed by atoms with Crippen LogP contribution in [0.3, 0.4) is 0 Å². The van der Waals surface area contributed by atoms with Gasteiger partial charge in [-0.2, -0.15) is 0 Å². The number of rotatable bonds is 5. The molecular formula is C15H14FNO2S. The fourth-order valence-electron chi connectivity index (χ4n) is 1.76. The van der Waals surface area contributed by atoms with Gasteiger partial charge in [0.05, 0.1) is 7.11 Å². The molecule has 2 aromatic carbocycles. The zero-order valence-corrected chi connectivity index (χ0v) is 11.7. The Labute approximate surface area is 122 Å². The average molecular weight is 291 g/mol. The predicted octanol–water partition coefficient (Wildman–Crippen LogP) is 3.05. The van der Waals surface area contributed by atoms with E-state index in [1.165, 1.54) is 12.1 Å². The lowest BCUT2D eigenvalue weighted by atomic mass is 10.1. The number of methoxy groups -OCH3 is 1. The molecular weight excluding hydrogens is 277 g/mol. The van der Waals surface area contributed by atoms with Gasteiger partial charge in [0.2, 0.25) is 0 Å². The highest BCUT2D eigenvalue weighted by molar-refractivity contribution is 7.80. The van der Waals surface area contributed by atoms with Crippen LogP contribution in [0.25, 0.3) is 0 Å². The van der Waals surface area contributed by atoms with E-state index in [2.05, 4.69) is 0 Å². The summed E-state index contributed by atoms with van der Waals surface area (Å²) in [5.74, 6) is 0.778. The molecule has 0 saturated carbocycles. The Bertz CT molecular complexity index is 631. The van der Waals surface area contributed by atoms with Crippen LogP contribution in [-0.2, 0) is 6.61 Å². The minimum atomic E-state index is -0.341. The zero-order valence-electron chi connectivity index (χ0n) is 10.9. The first-order valence-electron chi connectivity index (χ1n) is 5.95. The number of thiocarbonyl (C=S) groups is 1. The molecule has 0 saturated heterocycles. The molecule has 0 amide bonds. The van der Waals surface area contributed by atoms with Gasteiger partial charge in [-0.1, -0.05) is 18.3 Å². The van der Waals surface area contributed by atoms with Gasteiger partial charge in [-0.25, -0.2) is 4.39 Å². The lowest BCUT2D eigenvalue weighted by Crippen LogP contribution is -2.10. The van der Waals surface area contributed by atoms with Gasteiger partial charge in [0.1, 0.15) is 28.9 Å². The first-order valence-corrected chi connectivity index (χ1v) is 6.36. The van der Waals surface area contributed by atoms with Crippen LogP contribution >= 0.6 is 12.2 Å². The topological polar surface area (TPSA) is 44.5 Å². The van der Waals surface area contributed by atoms with Crippen molar-refractivity contribution in [1.29, 1.82) is 0 Å². The van der Waals surface area contributed by atoms with Crippen LogP contribution in [0.15, 0.2) is 42.5 Å². The fourth-order valence-corrected chi connectivity index (χ4v) is 1.89. The van der Waals surface area contributed by atoms with Crippen LogP contribution in [0.1, 0.15) is 11.1 Å². The third kappa shape index (κ3) is 3.45. The Balaban J connectivity index is 2.19. The molecule has 3 nitrogen and oxygen atoms in total. The number of hydrogen-bond donors (Lipinski definition) is 1. The largest absolute Gasteiger partial charge is 0.496 e. The van der Waals surface area contributed by atoms with Crippen LogP contribution in [0.4, 0.5) is 4.39 Å². The normalized spacial score (nSPS) is 10.1. The van der Waals surface area contributed by atoms with E-state index >= 15 is 0 Å². The van der Waals surface area contributed by atoms with Crippen molar-refractivity contribution >= 4 is 17.2 Å². The van der Waals surface area contributed by atoms with Crippen molar-refractivity contribution in [3.05, 3.63) is 59.4 Å². The van der Waals surface area contributed by atoms with Crippen molar-refractivity contribution in [2.24, 2.45) is 5.73 Å². The Morgan fingerprint density at radius 3 is 2.70 bits per heavy atom. The number of ether oxygens (including phenoxy) is 2. The zero-order chi connectivity index (χ0) is 14.5. The van der Waals surface area contributed by atoms with E-state index in [1.54, 1.807) is 37.4 Å². The molecule has 5 heteroatoms. The summed E-state index contributed by atoms with van der Waals surface area (Å²) in [6.07, 6.45) is 0. The molecule has 0 bridgehead atoms. The van der Waals surface area contributed by atoms with E-state index in [4.69, 9.17) is 27.4 Å². The summed E-state index contributed by atoms with van der Waals surface area (Å²) in [7, 11) is 1.57. The molecule has 0 aliphatic rings. The molecule has 104 valence electrons. The standard InChI is InChI=1S/C15H14FNO2S/c1-18-14-6-5-10(15(17)20)7-11(14)9-19-13-4-2-3-12(16)8-13/h2-8H,9H2,1H3,(H2,17,20). The van der Waals surface area contributed by atoms with Gasteiger partial charge in [0.25, 0.3) is 0 Å². The van der Waals surface area contributed by atoms with E-state index in [1.807, 2.05) is 0 Å². The molecule has 2 aromatic rings. The van der Waals surface area contributed by atoms with Crippen molar-refractivity contribution in [2.75, 3.05) is 7.11 Å². The second-order valence-corrected chi connectivity index (χ2v) is 4.58. The van der Waals surface area contributed by atoms with Gasteiger partial charge in [0.15, 0.2) is 0 Å². The Hall–Kier alpha value is -2.14. The maximum absolute atomic E-state index is 13.1. The van der Waals surface area contributed by atoms with Crippen molar-refractivity contribution in [1.82, 2.24) is 0 Å². The summed E-state index contributed by atoms with van der Waals surface area (Å²) < 4.78 is 23.9. The number of halogens is 1. The van der Waals surface area contributed by atoms with Crippen LogP contribution in [0.5, 0.6) is 11.5 Å². The monoisotopic (exact) mass is 291 g/mol. The molecule has 0 atom stereocenters. The number of nitrogens with two attached hydrogens (primary N) is 1. The highest BCUT2D eigenvalue weighted by atomic mass is 32.1. The average Bonchev–Trinajstić information content (AvgIpc) is 2.44. The molecule has 0 unspecified atom stereocenters. The van der Waals surface area contributed by atoms with Crippen molar-refractivity contribution < 1.29 is 13.9 Å².